The molecular weight excluding hydrogens is 450 g/mol. The monoisotopic (exact) mass is 465 g/mol. The number of nitrogens with one attached hydrogen (secondary N) is 1. The third kappa shape index (κ3) is 3.44. The summed E-state index contributed by atoms with van der Waals surface area (Å²) >= 11 is 3.94. The Labute approximate surface area is 182 Å². The van der Waals surface area contributed by atoms with Crippen LogP contribution in [0.1, 0.15) is 10.6 Å². The minimum Gasteiger partial charge on any atom is -0.477 e. The highest BCUT2D eigenvalue weighted by Crippen LogP contribution is 2.44. The van der Waals surface area contributed by atoms with Crippen molar-refractivity contribution in [1.29, 1.82) is 0 Å². The number of carboxylic acids is 1. The number of thioether (sulfide) groups is 1. The van der Waals surface area contributed by atoms with E-state index in [-0.39, 0.29) is 22.2 Å². The number of aromatic nitrogens is 1. The van der Waals surface area contributed by atoms with Gasteiger partial charge in [-0.2, -0.15) is 0 Å². The number of aliphatic carboxylic acids is 1. The summed E-state index contributed by atoms with van der Waals surface area (Å²) in [4.78, 5) is 48.2. The van der Waals surface area contributed by atoms with Crippen LogP contribution in [-0.4, -0.2) is 62.8 Å². The Morgan fingerprint density at radius 2 is 2.23 bits per heavy atom. The molecule has 4 rings (SSSR count). The number of hydrogen-bond donors (Lipinski definition) is 3. The maximum absolute atomic E-state index is 12.8. The van der Waals surface area contributed by atoms with E-state index in [2.05, 4.69) is 15.5 Å². The Morgan fingerprint density at radius 3 is 2.83 bits per heavy atom. The fourth-order valence-corrected chi connectivity index (χ4v) is 5.94. The highest BCUT2D eigenvalue weighted by Gasteiger charge is 2.54. The van der Waals surface area contributed by atoms with Crippen molar-refractivity contribution in [2.45, 2.75) is 11.4 Å². The zero-order chi connectivity index (χ0) is 21.4. The number of rotatable bonds is 6. The predicted octanol–water partition coefficient (Wildman–Crippen LogP) is 1.03. The van der Waals surface area contributed by atoms with E-state index in [4.69, 9.17) is 10.6 Å². The Bertz CT molecular complexity index is 1080. The second kappa shape index (κ2) is 8.08. The number of carboxylic acid groups (broad SMARTS) is 1. The number of carbonyl (C=O) groups is 3. The Morgan fingerprint density at radius 1 is 1.43 bits per heavy atom. The van der Waals surface area contributed by atoms with Crippen LogP contribution in [0.4, 0.5) is 5.13 Å². The van der Waals surface area contributed by atoms with Gasteiger partial charge in [0, 0.05) is 21.6 Å². The Kier molecular flexibility index (Phi) is 5.49. The largest absolute Gasteiger partial charge is 0.477 e. The number of nitrogens with zero attached hydrogens (tertiary/aromatic N) is 3. The summed E-state index contributed by atoms with van der Waals surface area (Å²) in [5, 5.41) is 19.2. The molecule has 2 aromatic rings. The van der Waals surface area contributed by atoms with Gasteiger partial charge >= 0.3 is 5.97 Å². The molecule has 4 N–H and O–H groups in total. The molecule has 13 heteroatoms. The minimum atomic E-state index is -1.18. The van der Waals surface area contributed by atoms with Gasteiger partial charge < -0.3 is 21.0 Å². The molecule has 0 radical (unpaired) electrons. The fraction of sp³-hybridized carbons (Fsp3) is 0.235. The second-order valence-corrected chi connectivity index (χ2v) is 9.11. The molecule has 2 aliphatic rings. The lowest BCUT2D eigenvalue weighted by Crippen LogP contribution is -2.71. The van der Waals surface area contributed by atoms with Gasteiger partial charge in [-0.1, -0.05) is 11.2 Å². The summed E-state index contributed by atoms with van der Waals surface area (Å²) in [5.41, 5.74) is 6.27. The molecule has 0 saturated carbocycles. The first-order chi connectivity index (χ1) is 14.4. The van der Waals surface area contributed by atoms with Crippen LogP contribution < -0.4 is 11.1 Å². The number of β-lactam (4-membered cyclic amide) rings is 1. The number of amides is 2. The smallest absolute Gasteiger partial charge is 0.353 e. The summed E-state index contributed by atoms with van der Waals surface area (Å²) in [5.74, 6) is -1.93. The van der Waals surface area contributed by atoms with E-state index in [0.717, 1.165) is 16.2 Å². The quantitative estimate of drug-likeness (QED) is 0.326. The Hall–Kier alpha value is -2.90. The normalized spacial score (nSPS) is 21.2. The van der Waals surface area contributed by atoms with Gasteiger partial charge in [-0.3, -0.25) is 14.5 Å². The van der Waals surface area contributed by atoms with Gasteiger partial charge in [0.2, 0.25) is 0 Å². The molecule has 10 nitrogen and oxygen atoms in total. The molecule has 0 aromatic carbocycles. The standard InChI is InChI=1S/C17H15N5O5S3/c1-27-21-10(8-6-30-17(18)19-8)13(23)20-11-14(24)22-12(16(25)26)7(5-29-15(11)22)9-3-2-4-28-9/h2-4,6,11,15H,5H2,1H3,(H2,18,19)(H,20,23)(H,25,26)/b21-10-/t11-,15?/m1/s1. The Balaban J connectivity index is 1.56. The van der Waals surface area contributed by atoms with Gasteiger partial charge in [0.15, 0.2) is 10.8 Å². The maximum atomic E-state index is 12.8. The second-order valence-electron chi connectivity index (χ2n) is 6.16. The van der Waals surface area contributed by atoms with Crippen LogP contribution >= 0.6 is 34.4 Å². The lowest BCUT2D eigenvalue weighted by molar-refractivity contribution is -0.149. The molecule has 2 aliphatic heterocycles. The van der Waals surface area contributed by atoms with Gasteiger partial charge in [0.05, 0.1) is 0 Å². The molecule has 0 spiro atoms. The number of carbonyl (C=O) groups excluding carboxylic acids is 2. The number of nitrogens with two attached hydrogens (primary N) is 1. The van der Waals surface area contributed by atoms with E-state index >= 15 is 0 Å². The first-order valence-corrected chi connectivity index (χ1v) is 11.3. The SMILES string of the molecule is CO/N=C(\C(=O)N[C@@H]1C(=O)N2C(C(=O)O)=C(c3cccs3)CSC12)c1csc(N)n1. The van der Waals surface area contributed by atoms with Crippen molar-refractivity contribution in [2.24, 2.45) is 5.16 Å². The number of anilines is 1. The molecule has 1 unspecified atom stereocenters. The van der Waals surface area contributed by atoms with Crippen molar-refractivity contribution in [2.75, 3.05) is 18.6 Å². The highest BCUT2D eigenvalue weighted by atomic mass is 32.2. The van der Waals surface area contributed by atoms with Crippen LogP contribution in [0.15, 0.2) is 33.7 Å². The van der Waals surface area contributed by atoms with Gasteiger partial charge in [0.1, 0.15) is 29.9 Å². The molecule has 2 amide bonds. The zero-order valence-electron chi connectivity index (χ0n) is 15.4. The number of thiazole rings is 1. The summed E-state index contributed by atoms with van der Waals surface area (Å²) in [7, 11) is 1.28. The van der Waals surface area contributed by atoms with Gasteiger partial charge in [-0.05, 0) is 11.4 Å². The zero-order valence-corrected chi connectivity index (χ0v) is 17.8. The van der Waals surface area contributed by atoms with Gasteiger partial charge in [-0.15, -0.1) is 34.4 Å². The van der Waals surface area contributed by atoms with Crippen molar-refractivity contribution in [3.05, 3.63) is 39.2 Å². The number of oxime groups is 1. The molecule has 30 heavy (non-hydrogen) atoms. The molecule has 1 saturated heterocycles. The minimum absolute atomic E-state index is 0.0465. The summed E-state index contributed by atoms with van der Waals surface area (Å²) in [6.45, 7) is 0. The molecule has 4 heterocycles. The van der Waals surface area contributed by atoms with E-state index in [1.165, 1.54) is 35.1 Å². The number of fused-ring (bicyclic) bond motifs is 1. The van der Waals surface area contributed by atoms with Gasteiger partial charge in [0.25, 0.3) is 11.8 Å². The maximum Gasteiger partial charge on any atom is 0.353 e. The van der Waals surface area contributed by atoms with E-state index in [1.54, 1.807) is 5.38 Å². The van der Waals surface area contributed by atoms with E-state index in [9.17, 15) is 19.5 Å². The van der Waals surface area contributed by atoms with E-state index in [0.29, 0.717) is 11.3 Å². The average Bonchev–Trinajstić information content (AvgIpc) is 3.40. The first kappa shape index (κ1) is 20.4. The third-order valence-electron chi connectivity index (χ3n) is 4.44. The number of nitrogen functional groups attached to an aromatic ring is 1. The molecule has 2 atom stereocenters. The van der Waals surface area contributed by atoms with Crippen LogP contribution in [-0.2, 0) is 19.2 Å². The average molecular weight is 466 g/mol. The highest BCUT2D eigenvalue weighted by molar-refractivity contribution is 8.00. The molecule has 0 bridgehead atoms. The topological polar surface area (TPSA) is 147 Å². The van der Waals surface area contributed by atoms with Crippen molar-refractivity contribution in [1.82, 2.24) is 15.2 Å². The van der Waals surface area contributed by atoms with Crippen LogP contribution in [0, 0.1) is 0 Å². The number of hydrogen-bond acceptors (Lipinski definition) is 10. The van der Waals surface area contributed by atoms with Crippen LogP contribution in [0.3, 0.4) is 0 Å². The molecule has 156 valence electrons. The summed E-state index contributed by atoms with van der Waals surface area (Å²) < 4.78 is 0. The fourth-order valence-electron chi connectivity index (χ4n) is 3.16. The van der Waals surface area contributed by atoms with E-state index in [1.807, 2.05) is 17.5 Å². The molecular formula is C17H15N5O5S3. The van der Waals surface area contributed by atoms with E-state index < -0.39 is 29.2 Å². The van der Waals surface area contributed by atoms with Crippen LogP contribution in [0.5, 0.6) is 0 Å². The van der Waals surface area contributed by atoms with Crippen LogP contribution in [0.25, 0.3) is 5.57 Å². The lowest BCUT2D eigenvalue weighted by Gasteiger charge is -2.49. The molecule has 2 aromatic heterocycles. The first-order valence-electron chi connectivity index (χ1n) is 8.50. The summed E-state index contributed by atoms with van der Waals surface area (Å²) in [6.07, 6.45) is 0. The number of thiophene rings is 1. The molecule has 1 fully saturated rings. The summed E-state index contributed by atoms with van der Waals surface area (Å²) in [6, 6.07) is 2.76. The third-order valence-corrected chi connectivity index (χ3v) is 7.32. The van der Waals surface area contributed by atoms with Crippen molar-refractivity contribution in [3.8, 4) is 0 Å². The predicted molar refractivity (Wildman–Crippen MR) is 114 cm³/mol. The molecule has 0 aliphatic carbocycles. The lowest BCUT2D eigenvalue weighted by atomic mass is 10.0. The van der Waals surface area contributed by atoms with Crippen molar-refractivity contribution < 1.29 is 24.3 Å². The van der Waals surface area contributed by atoms with Crippen molar-refractivity contribution in [3.63, 3.8) is 0 Å². The van der Waals surface area contributed by atoms with Crippen molar-refractivity contribution >= 4 is 68.6 Å². The van der Waals surface area contributed by atoms with Crippen LogP contribution in [0.2, 0.25) is 0 Å². The van der Waals surface area contributed by atoms with Gasteiger partial charge in [-0.25, -0.2) is 9.78 Å².